The Bertz CT molecular complexity index is 1380. The summed E-state index contributed by atoms with van der Waals surface area (Å²) in [4.78, 5) is 43.2. The van der Waals surface area contributed by atoms with Crippen molar-refractivity contribution < 1.29 is 34.8 Å². The summed E-state index contributed by atoms with van der Waals surface area (Å²) in [5.41, 5.74) is 4.24. The molecule has 5 atom stereocenters. The Hall–Kier alpha value is -3.41. The maximum atomic E-state index is 14.0. The van der Waals surface area contributed by atoms with Gasteiger partial charge < -0.3 is 36.4 Å². The number of aliphatic hydroxyl groups excluding tert-OH is 2. The van der Waals surface area contributed by atoms with Gasteiger partial charge in [-0.1, -0.05) is 13.8 Å². The molecule has 5 rings (SSSR count). The van der Waals surface area contributed by atoms with Crippen LogP contribution in [0.15, 0.2) is 28.7 Å². The molecular weight excluding hydrogens is 516 g/mol. The van der Waals surface area contributed by atoms with E-state index in [-0.39, 0.29) is 35.8 Å². The predicted molar refractivity (Wildman–Crippen MR) is 147 cm³/mol. The molecule has 1 amide bonds. The van der Waals surface area contributed by atoms with E-state index in [0.717, 1.165) is 30.8 Å². The van der Waals surface area contributed by atoms with E-state index in [4.69, 9.17) is 5.73 Å². The molecule has 40 heavy (non-hydrogen) atoms. The van der Waals surface area contributed by atoms with E-state index in [2.05, 4.69) is 24.1 Å². The number of nitrogens with zero attached hydrogens (tertiary/aromatic N) is 2. The van der Waals surface area contributed by atoms with Crippen molar-refractivity contribution in [1.82, 2.24) is 10.2 Å². The van der Waals surface area contributed by atoms with Gasteiger partial charge in [0.1, 0.15) is 22.8 Å². The van der Waals surface area contributed by atoms with Crippen molar-refractivity contribution in [2.24, 2.45) is 23.5 Å². The Labute approximate surface area is 232 Å². The first-order valence-electron chi connectivity index (χ1n) is 13.7. The van der Waals surface area contributed by atoms with Crippen molar-refractivity contribution in [1.29, 1.82) is 0 Å². The number of nitrogens with one attached hydrogen (secondary N) is 1. The molecule has 11 heteroatoms. The number of Topliss-reactive ketones (excluding diaryl/α,β-unsaturated/α-hetero) is 2. The van der Waals surface area contributed by atoms with Gasteiger partial charge in [0.15, 0.2) is 11.4 Å². The van der Waals surface area contributed by atoms with E-state index in [1.54, 1.807) is 25.1 Å². The molecule has 11 nitrogen and oxygen atoms in total. The van der Waals surface area contributed by atoms with E-state index in [1.807, 2.05) is 7.05 Å². The van der Waals surface area contributed by atoms with Crippen LogP contribution in [0.25, 0.3) is 0 Å². The Kier molecular flexibility index (Phi) is 6.75. The molecule has 1 unspecified atom stereocenters. The third-order valence-electron chi connectivity index (χ3n) is 9.01. The number of fused-ring (bicyclic) bond motifs is 5. The minimum Gasteiger partial charge on any atom is -0.510 e. The number of nitrogens with two attached hydrogens (primary N) is 1. The van der Waals surface area contributed by atoms with Gasteiger partial charge in [-0.3, -0.25) is 19.3 Å². The summed E-state index contributed by atoms with van der Waals surface area (Å²) in [7, 11) is 5.17. The quantitative estimate of drug-likeness (QED) is 0.290. The lowest BCUT2D eigenvalue weighted by Crippen LogP contribution is -2.63. The highest BCUT2D eigenvalue weighted by Gasteiger charge is 2.63. The van der Waals surface area contributed by atoms with Crippen LogP contribution in [0.1, 0.15) is 54.2 Å². The van der Waals surface area contributed by atoms with Gasteiger partial charge in [-0.15, -0.1) is 0 Å². The minimum atomic E-state index is -2.64. The average Bonchev–Trinajstić information content (AvgIpc) is 2.85. The molecule has 0 bridgehead atoms. The Morgan fingerprint density at radius 3 is 2.52 bits per heavy atom. The fraction of sp³-hybridized carbons (Fsp3) is 0.552. The third kappa shape index (κ3) is 3.86. The van der Waals surface area contributed by atoms with Crippen molar-refractivity contribution in [3.63, 3.8) is 0 Å². The second kappa shape index (κ2) is 9.60. The molecule has 1 aromatic carbocycles. The van der Waals surface area contributed by atoms with E-state index in [1.165, 1.54) is 0 Å². The Morgan fingerprint density at radius 2 is 1.93 bits per heavy atom. The molecule has 0 radical (unpaired) electrons. The molecule has 3 aliphatic carbocycles. The molecule has 0 saturated heterocycles. The molecule has 4 aliphatic rings. The van der Waals surface area contributed by atoms with Gasteiger partial charge in [0, 0.05) is 36.8 Å². The van der Waals surface area contributed by atoms with Gasteiger partial charge in [0.25, 0.3) is 5.91 Å². The SMILES string of the molecule is CC(C)CNC1CCN(C)c2c1cc(O)c1c2C[C@@H]2C[C@@H]3[C@@H](N(C)C)C(O)=C(C(N)=O)C(=O)[C@@]3(O)C(O)=C2C1=O. The second-order valence-electron chi connectivity index (χ2n) is 12.2. The first-order chi connectivity index (χ1) is 18.7. The first-order valence-corrected chi connectivity index (χ1v) is 13.7. The standard InChI is InChI=1S/C29H38N4O7/c1-12(2)11-31-17-6-7-33(5)22-14(17)10-18(34)20-15(22)8-13-9-16-23(32(3)4)25(36)21(28(30)39)27(38)29(16,40)26(37)19(13)24(20)35/h10,12-13,16-17,23,31,34,36-37,40H,6-9,11H2,1-5H3,(H2,30,39)/t13-,16-,17?,23-,29+/m1/s1. The molecule has 0 aromatic heterocycles. The topological polar surface area (TPSA) is 177 Å². The lowest BCUT2D eigenvalue weighted by molar-refractivity contribution is -0.148. The van der Waals surface area contributed by atoms with Crippen molar-refractivity contribution in [3.05, 3.63) is 45.4 Å². The number of phenolic OH excluding ortho intramolecular Hbond substituents is 1. The number of hydrogen-bond acceptors (Lipinski definition) is 10. The maximum Gasteiger partial charge on any atom is 0.255 e. The van der Waals surface area contributed by atoms with Gasteiger partial charge in [-0.05, 0) is 68.9 Å². The van der Waals surface area contributed by atoms with Gasteiger partial charge >= 0.3 is 0 Å². The van der Waals surface area contributed by atoms with Crippen LogP contribution in [0.3, 0.4) is 0 Å². The lowest BCUT2D eigenvalue weighted by atomic mass is 9.58. The van der Waals surface area contributed by atoms with Gasteiger partial charge in [0.2, 0.25) is 5.78 Å². The molecule has 1 heterocycles. The number of phenols is 1. The van der Waals surface area contributed by atoms with E-state index in [9.17, 15) is 34.8 Å². The van der Waals surface area contributed by atoms with Crippen molar-refractivity contribution in [2.45, 2.75) is 50.8 Å². The number of likely N-dealkylation sites (N-methyl/N-ethyl adjacent to an activating group) is 1. The van der Waals surface area contributed by atoms with Crippen LogP contribution in [0.5, 0.6) is 5.75 Å². The number of aliphatic hydroxyl groups is 3. The highest BCUT2D eigenvalue weighted by atomic mass is 16.3. The number of carbonyl (C=O) groups excluding carboxylic acids is 3. The molecule has 0 saturated carbocycles. The third-order valence-corrected chi connectivity index (χ3v) is 9.01. The zero-order valence-electron chi connectivity index (χ0n) is 23.5. The number of ketones is 2. The van der Waals surface area contributed by atoms with Crippen LogP contribution >= 0.6 is 0 Å². The summed E-state index contributed by atoms with van der Waals surface area (Å²) in [6, 6.07) is 0.568. The fourth-order valence-corrected chi connectivity index (χ4v) is 7.23. The Balaban J connectivity index is 1.68. The van der Waals surface area contributed by atoms with Crippen LogP contribution in [0.2, 0.25) is 0 Å². The Morgan fingerprint density at radius 1 is 1.25 bits per heavy atom. The zero-order chi connectivity index (χ0) is 29.4. The molecule has 1 aliphatic heterocycles. The number of anilines is 1. The van der Waals surface area contributed by atoms with Crippen molar-refractivity contribution in [2.75, 3.05) is 39.1 Å². The van der Waals surface area contributed by atoms with Crippen LogP contribution < -0.4 is 16.0 Å². The monoisotopic (exact) mass is 554 g/mol. The lowest BCUT2D eigenvalue weighted by Gasteiger charge is -2.50. The molecular formula is C29H38N4O7. The summed E-state index contributed by atoms with van der Waals surface area (Å²) >= 11 is 0. The van der Waals surface area contributed by atoms with Gasteiger partial charge in [-0.2, -0.15) is 0 Å². The summed E-state index contributed by atoms with van der Waals surface area (Å²) in [5, 5.41) is 48.9. The largest absolute Gasteiger partial charge is 0.510 e. The summed E-state index contributed by atoms with van der Waals surface area (Å²) in [6.45, 7) is 5.76. The molecule has 216 valence electrons. The smallest absolute Gasteiger partial charge is 0.255 e. The van der Waals surface area contributed by atoms with Crippen LogP contribution in [-0.2, 0) is 16.0 Å². The summed E-state index contributed by atoms with van der Waals surface area (Å²) < 4.78 is 0. The average molecular weight is 555 g/mol. The normalized spacial score (nSPS) is 29.9. The number of allylic oxidation sites excluding steroid dienone is 1. The van der Waals surface area contributed by atoms with Gasteiger partial charge in [0.05, 0.1) is 11.6 Å². The summed E-state index contributed by atoms with van der Waals surface area (Å²) in [5.74, 6) is -6.04. The highest BCUT2D eigenvalue weighted by Crippen LogP contribution is 2.54. The molecule has 0 spiro atoms. The fourth-order valence-electron chi connectivity index (χ4n) is 7.23. The zero-order valence-corrected chi connectivity index (χ0v) is 23.5. The molecule has 0 fully saturated rings. The number of carbonyl (C=O) groups is 3. The first kappa shape index (κ1) is 28.1. The van der Waals surface area contributed by atoms with E-state index >= 15 is 0 Å². The van der Waals surface area contributed by atoms with E-state index in [0.29, 0.717) is 11.5 Å². The number of primary amides is 1. The number of hydrogen-bond donors (Lipinski definition) is 6. The van der Waals surface area contributed by atoms with Crippen molar-refractivity contribution in [3.8, 4) is 5.75 Å². The van der Waals surface area contributed by atoms with E-state index < -0.39 is 58.0 Å². The number of aromatic hydroxyl groups is 1. The van der Waals surface area contributed by atoms with Crippen LogP contribution in [-0.4, -0.2) is 88.7 Å². The van der Waals surface area contributed by atoms with Gasteiger partial charge in [-0.25, -0.2) is 0 Å². The predicted octanol–water partition coefficient (Wildman–Crippen LogP) is 1.25. The summed E-state index contributed by atoms with van der Waals surface area (Å²) in [6.07, 6.45) is 1.16. The molecule has 7 N–H and O–H groups in total. The minimum absolute atomic E-state index is 0.00918. The molecule has 1 aromatic rings. The maximum absolute atomic E-state index is 14.0. The number of benzene rings is 1. The number of rotatable bonds is 5. The van der Waals surface area contributed by atoms with Crippen LogP contribution in [0, 0.1) is 17.8 Å². The van der Waals surface area contributed by atoms with Crippen LogP contribution in [0.4, 0.5) is 5.69 Å². The number of amides is 1. The highest BCUT2D eigenvalue weighted by molar-refractivity contribution is 6.24. The van der Waals surface area contributed by atoms with Crippen molar-refractivity contribution >= 4 is 23.2 Å². The second-order valence-corrected chi connectivity index (χ2v) is 12.2.